The zero-order valence-electron chi connectivity index (χ0n) is 8.57. The molecule has 1 aliphatic rings. The molecule has 0 radical (unpaired) electrons. The quantitative estimate of drug-likeness (QED) is 0.582. The molecule has 0 aromatic carbocycles. The number of alkyl halides is 1. The molecule has 12 heavy (non-hydrogen) atoms. The molecule has 72 valence electrons. The lowest BCUT2D eigenvalue weighted by Crippen LogP contribution is -2.20. The van der Waals surface area contributed by atoms with Crippen LogP contribution in [0.2, 0.25) is 0 Å². The zero-order chi connectivity index (χ0) is 9.19. The Kier molecular flexibility index (Phi) is 3.46. The van der Waals surface area contributed by atoms with Crippen LogP contribution in [0.25, 0.3) is 0 Å². The van der Waals surface area contributed by atoms with Crippen molar-refractivity contribution in [3.8, 4) is 0 Å². The van der Waals surface area contributed by atoms with Gasteiger partial charge in [-0.15, -0.1) is 11.6 Å². The van der Waals surface area contributed by atoms with Gasteiger partial charge in [-0.3, -0.25) is 0 Å². The Morgan fingerprint density at radius 3 is 2.50 bits per heavy atom. The average Bonchev–Trinajstić information content (AvgIpc) is 2.25. The fourth-order valence-electron chi connectivity index (χ4n) is 2.68. The van der Waals surface area contributed by atoms with Crippen LogP contribution in [0.3, 0.4) is 0 Å². The first kappa shape index (κ1) is 10.4. The standard InChI is InChI=1S/C11H21Cl/c1-4-6-9-7-10(5-2)11(3,12)8-9/h9-10H,4-8H2,1-3H3/t9?,10-,11?/m0/s1. The molecule has 0 amide bonds. The minimum Gasteiger partial charge on any atom is -0.119 e. The Bertz CT molecular complexity index is 140. The molecule has 0 aromatic heterocycles. The van der Waals surface area contributed by atoms with Crippen molar-refractivity contribution in [2.75, 3.05) is 0 Å². The van der Waals surface area contributed by atoms with E-state index in [1.807, 2.05) is 0 Å². The monoisotopic (exact) mass is 188 g/mol. The highest BCUT2D eigenvalue weighted by molar-refractivity contribution is 6.24. The molecule has 0 aliphatic heterocycles. The van der Waals surface area contributed by atoms with Gasteiger partial charge in [0.25, 0.3) is 0 Å². The molecule has 0 N–H and O–H groups in total. The van der Waals surface area contributed by atoms with Crippen LogP contribution in [0.5, 0.6) is 0 Å². The summed E-state index contributed by atoms with van der Waals surface area (Å²) >= 11 is 6.46. The number of halogens is 1. The van der Waals surface area contributed by atoms with Gasteiger partial charge in [-0.2, -0.15) is 0 Å². The molecule has 1 fully saturated rings. The maximum atomic E-state index is 6.46. The molecule has 2 unspecified atom stereocenters. The smallest absolute Gasteiger partial charge is 0.0449 e. The van der Waals surface area contributed by atoms with Gasteiger partial charge >= 0.3 is 0 Å². The third-order valence-corrected chi connectivity index (χ3v) is 3.81. The number of hydrogen-bond donors (Lipinski definition) is 0. The van der Waals surface area contributed by atoms with Gasteiger partial charge in [0.2, 0.25) is 0 Å². The number of hydrogen-bond acceptors (Lipinski definition) is 0. The molecule has 1 heteroatoms. The molecule has 0 nitrogen and oxygen atoms in total. The average molecular weight is 189 g/mol. The van der Waals surface area contributed by atoms with E-state index < -0.39 is 0 Å². The molecular formula is C11H21Cl. The second kappa shape index (κ2) is 4.00. The van der Waals surface area contributed by atoms with Crippen LogP contribution in [0.4, 0.5) is 0 Å². The molecular weight excluding hydrogens is 168 g/mol. The molecule has 0 aromatic rings. The fraction of sp³-hybridized carbons (Fsp3) is 1.00. The van der Waals surface area contributed by atoms with Crippen LogP contribution in [0, 0.1) is 11.8 Å². The Labute approximate surface area is 81.7 Å². The van der Waals surface area contributed by atoms with E-state index in [9.17, 15) is 0 Å². The van der Waals surface area contributed by atoms with Crippen LogP contribution >= 0.6 is 11.6 Å². The predicted molar refractivity (Wildman–Crippen MR) is 55.7 cm³/mol. The van der Waals surface area contributed by atoms with E-state index in [2.05, 4.69) is 20.8 Å². The highest BCUT2D eigenvalue weighted by atomic mass is 35.5. The van der Waals surface area contributed by atoms with Crippen LogP contribution in [-0.2, 0) is 0 Å². The predicted octanol–water partition coefficient (Wildman–Crippen LogP) is 4.22. The van der Waals surface area contributed by atoms with Crippen LogP contribution in [0.15, 0.2) is 0 Å². The summed E-state index contributed by atoms with van der Waals surface area (Å²) in [4.78, 5) is 0.106. The summed E-state index contributed by atoms with van der Waals surface area (Å²) in [6.45, 7) is 6.75. The summed E-state index contributed by atoms with van der Waals surface area (Å²) < 4.78 is 0. The van der Waals surface area contributed by atoms with Crippen molar-refractivity contribution in [1.82, 2.24) is 0 Å². The molecule has 0 saturated heterocycles. The normalized spacial score (nSPS) is 42.0. The van der Waals surface area contributed by atoms with E-state index in [0.717, 1.165) is 11.8 Å². The molecule has 1 aliphatic carbocycles. The van der Waals surface area contributed by atoms with Crippen molar-refractivity contribution in [3.63, 3.8) is 0 Å². The first-order valence-corrected chi connectivity index (χ1v) is 5.66. The van der Waals surface area contributed by atoms with Gasteiger partial charge in [-0.1, -0.05) is 33.1 Å². The topological polar surface area (TPSA) is 0 Å². The van der Waals surface area contributed by atoms with Gasteiger partial charge in [0, 0.05) is 4.87 Å². The Balaban J connectivity index is 2.48. The van der Waals surface area contributed by atoms with E-state index in [1.54, 1.807) is 0 Å². The van der Waals surface area contributed by atoms with E-state index in [-0.39, 0.29) is 4.87 Å². The summed E-state index contributed by atoms with van der Waals surface area (Å²) in [5.41, 5.74) is 0. The lowest BCUT2D eigenvalue weighted by molar-refractivity contribution is 0.430. The maximum Gasteiger partial charge on any atom is 0.0449 e. The summed E-state index contributed by atoms with van der Waals surface area (Å²) in [5.74, 6) is 1.66. The fourth-order valence-corrected chi connectivity index (χ4v) is 3.14. The van der Waals surface area contributed by atoms with Crippen LogP contribution in [-0.4, -0.2) is 4.87 Å². The highest BCUT2D eigenvalue weighted by Crippen LogP contribution is 2.47. The Hall–Kier alpha value is 0.290. The van der Waals surface area contributed by atoms with E-state index in [0.29, 0.717) is 0 Å². The van der Waals surface area contributed by atoms with Crippen molar-refractivity contribution >= 4 is 11.6 Å². The largest absolute Gasteiger partial charge is 0.119 e. The third kappa shape index (κ3) is 2.16. The van der Waals surface area contributed by atoms with Crippen LogP contribution in [0.1, 0.15) is 52.9 Å². The first-order chi connectivity index (χ1) is 5.60. The molecule has 0 heterocycles. The van der Waals surface area contributed by atoms with Crippen LogP contribution < -0.4 is 0 Å². The van der Waals surface area contributed by atoms with Crippen molar-refractivity contribution < 1.29 is 0 Å². The molecule has 1 saturated carbocycles. The Morgan fingerprint density at radius 2 is 2.08 bits per heavy atom. The summed E-state index contributed by atoms with van der Waals surface area (Å²) in [6.07, 6.45) is 6.54. The van der Waals surface area contributed by atoms with Crippen molar-refractivity contribution in [3.05, 3.63) is 0 Å². The molecule has 0 bridgehead atoms. The Morgan fingerprint density at radius 1 is 1.42 bits per heavy atom. The van der Waals surface area contributed by atoms with Crippen molar-refractivity contribution in [2.24, 2.45) is 11.8 Å². The molecule has 0 spiro atoms. The lowest BCUT2D eigenvalue weighted by atomic mass is 9.95. The lowest BCUT2D eigenvalue weighted by Gasteiger charge is -2.22. The van der Waals surface area contributed by atoms with E-state index in [1.165, 1.54) is 32.1 Å². The summed E-state index contributed by atoms with van der Waals surface area (Å²) in [6, 6.07) is 0. The van der Waals surface area contributed by atoms with Gasteiger partial charge in [0.15, 0.2) is 0 Å². The molecule has 1 rings (SSSR count). The summed E-state index contributed by atoms with van der Waals surface area (Å²) in [5, 5.41) is 0. The minimum atomic E-state index is 0.106. The maximum absolute atomic E-state index is 6.46. The van der Waals surface area contributed by atoms with E-state index in [4.69, 9.17) is 11.6 Å². The van der Waals surface area contributed by atoms with Crippen molar-refractivity contribution in [1.29, 1.82) is 0 Å². The summed E-state index contributed by atoms with van der Waals surface area (Å²) in [7, 11) is 0. The SMILES string of the molecule is CCCC1C[C@H](CC)C(C)(Cl)C1. The highest BCUT2D eigenvalue weighted by Gasteiger charge is 2.40. The second-order valence-electron chi connectivity index (χ2n) is 4.48. The van der Waals surface area contributed by atoms with E-state index >= 15 is 0 Å². The van der Waals surface area contributed by atoms with Gasteiger partial charge in [0.05, 0.1) is 0 Å². The third-order valence-electron chi connectivity index (χ3n) is 3.35. The van der Waals surface area contributed by atoms with Gasteiger partial charge in [-0.05, 0) is 31.6 Å². The van der Waals surface area contributed by atoms with Crippen molar-refractivity contribution in [2.45, 2.75) is 57.7 Å². The van der Waals surface area contributed by atoms with Gasteiger partial charge < -0.3 is 0 Å². The minimum absolute atomic E-state index is 0.106. The van der Waals surface area contributed by atoms with Gasteiger partial charge in [-0.25, -0.2) is 0 Å². The van der Waals surface area contributed by atoms with Gasteiger partial charge in [0.1, 0.15) is 0 Å². The molecule has 3 atom stereocenters. The second-order valence-corrected chi connectivity index (χ2v) is 5.34. The number of rotatable bonds is 3. The first-order valence-electron chi connectivity index (χ1n) is 5.29. The zero-order valence-corrected chi connectivity index (χ0v) is 9.32.